The van der Waals surface area contributed by atoms with E-state index in [0.717, 1.165) is 0 Å². The van der Waals surface area contributed by atoms with E-state index in [0.29, 0.717) is 12.8 Å². The van der Waals surface area contributed by atoms with E-state index >= 15 is 0 Å². The van der Waals surface area contributed by atoms with Crippen molar-refractivity contribution >= 4 is 12.4 Å². The molecule has 0 saturated heterocycles. The first-order chi connectivity index (χ1) is 5.92. The Morgan fingerprint density at radius 2 is 1.93 bits per heavy atom. The molecular weight excluding hydrogens is 223 g/mol. The molecule has 0 aromatic carbocycles. The number of hydrogen-bond donors (Lipinski definition) is 1. The molecule has 80 valence electrons. The van der Waals surface area contributed by atoms with Gasteiger partial charge in [-0.15, -0.1) is 12.4 Å². The Labute approximate surface area is 83.1 Å². The third kappa shape index (κ3) is 1.83. The smallest absolute Gasteiger partial charge is 0.329 e. The van der Waals surface area contributed by atoms with Gasteiger partial charge in [-0.2, -0.15) is 18.2 Å². The van der Waals surface area contributed by atoms with Crippen LogP contribution in [0, 0.1) is 0 Å². The molecular formula is C6H7ClF3N3O. The molecule has 1 aromatic rings. The molecule has 0 amide bonds. The van der Waals surface area contributed by atoms with Crippen LogP contribution in [0.5, 0.6) is 0 Å². The number of rotatable bonds is 1. The highest BCUT2D eigenvalue weighted by Crippen LogP contribution is 2.41. The molecule has 2 N–H and O–H groups in total. The van der Waals surface area contributed by atoms with Crippen LogP contribution in [0.4, 0.5) is 13.2 Å². The van der Waals surface area contributed by atoms with Crippen LogP contribution in [-0.2, 0) is 11.7 Å². The molecule has 0 radical (unpaired) electrons. The quantitative estimate of drug-likeness (QED) is 0.792. The molecule has 0 unspecified atom stereocenters. The van der Waals surface area contributed by atoms with Gasteiger partial charge in [0.15, 0.2) is 5.82 Å². The Balaban J connectivity index is 0.000000980. The molecule has 0 spiro atoms. The van der Waals surface area contributed by atoms with E-state index in [9.17, 15) is 13.2 Å². The lowest BCUT2D eigenvalue weighted by molar-refractivity contribution is -0.159. The summed E-state index contributed by atoms with van der Waals surface area (Å²) < 4.78 is 39.9. The van der Waals surface area contributed by atoms with E-state index in [1.807, 2.05) is 0 Å². The Morgan fingerprint density at radius 3 is 2.29 bits per heavy atom. The summed E-state index contributed by atoms with van der Waals surface area (Å²) in [6, 6.07) is 0. The Morgan fingerprint density at radius 1 is 1.36 bits per heavy atom. The summed E-state index contributed by atoms with van der Waals surface area (Å²) in [5.41, 5.74) is 4.79. The molecule has 1 aliphatic rings. The molecule has 0 aliphatic heterocycles. The molecule has 1 aliphatic carbocycles. The van der Waals surface area contributed by atoms with Gasteiger partial charge in [0, 0.05) is 0 Å². The van der Waals surface area contributed by atoms with E-state index in [-0.39, 0.29) is 18.2 Å². The zero-order valence-corrected chi connectivity index (χ0v) is 7.65. The minimum Gasteiger partial charge on any atom is -0.329 e. The zero-order chi connectivity index (χ0) is 9.69. The van der Waals surface area contributed by atoms with Crippen molar-refractivity contribution in [2.24, 2.45) is 5.73 Å². The summed E-state index contributed by atoms with van der Waals surface area (Å²) in [6.07, 6.45) is -3.38. The van der Waals surface area contributed by atoms with Gasteiger partial charge in [0.1, 0.15) is 0 Å². The van der Waals surface area contributed by atoms with Crippen LogP contribution in [-0.4, -0.2) is 10.1 Å². The number of aromatic nitrogens is 2. The van der Waals surface area contributed by atoms with Crippen LogP contribution in [0.25, 0.3) is 0 Å². The highest BCUT2D eigenvalue weighted by Gasteiger charge is 2.47. The highest BCUT2D eigenvalue weighted by molar-refractivity contribution is 5.85. The maximum absolute atomic E-state index is 12.0. The standard InChI is InChI=1S/C6H6F3N3O.ClH/c7-6(8,9)4-11-3(12-13-4)5(10)1-2-5;/h1-2,10H2;1H. The van der Waals surface area contributed by atoms with Crippen molar-refractivity contribution < 1.29 is 17.7 Å². The van der Waals surface area contributed by atoms with Crippen LogP contribution < -0.4 is 5.73 Å². The number of alkyl halides is 3. The summed E-state index contributed by atoms with van der Waals surface area (Å²) in [4.78, 5) is 3.19. The molecule has 1 heterocycles. The van der Waals surface area contributed by atoms with Crippen molar-refractivity contribution in [1.82, 2.24) is 10.1 Å². The maximum Gasteiger partial charge on any atom is 0.471 e. The predicted octanol–water partition coefficient (Wildman–Crippen LogP) is 1.46. The number of halogens is 4. The first-order valence-corrected chi connectivity index (χ1v) is 3.62. The number of nitrogens with zero attached hydrogens (tertiary/aromatic N) is 2. The normalized spacial score (nSPS) is 18.9. The fourth-order valence-electron chi connectivity index (χ4n) is 0.899. The fourth-order valence-corrected chi connectivity index (χ4v) is 0.899. The van der Waals surface area contributed by atoms with Crippen LogP contribution >= 0.6 is 12.4 Å². The van der Waals surface area contributed by atoms with E-state index in [1.54, 1.807) is 0 Å². The van der Waals surface area contributed by atoms with Crippen LogP contribution in [0.3, 0.4) is 0 Å². The topological polar surface area (TPSA) is 64.9 Å². The molecule has 4 nitrogen and oxygen atoms in total. The lowest BCUT2D eigenvalue weighted by Crippen LogP contribution is -2.20. The van der Waals surface area contributed by atoms with Gasteiger partial charge < -0.3 is 10.3 Å². The average molecular weight is 230 g/mol. The van der Waals surface area contributed by atoms with Crippen LogP contribution in [0.2, 0.25) is 0 Å². The fraction of sp³-hybridized carbons (Fsp3) is 0.667. The Bertz CT molecular complexity index is 314. The van der Waals surface area contributed by atoms with Gasteiger partial charge >= 0.3 is 12.1 Å². The Kier molecular flexibility index (Phi) is 2.49. The minimum atomic E-state index is -4.59. The van der Waals surface area contributed by atoms with Gasteiger partial charge in [0.05, 0.1) is 5.54 Å². The van der Waals surface area contributed by atoms with Crippen molar-refractivity contribution in [3.8, 4) is 0 Å². The average Bonchev–Trinajstić information content (AvgIpc) is 2.60. The molecule has 1 saturated carbocycles. The lowest BCUT2D eigenvalue weighted by Gasteiger charge is -1.99. The van der Waals surface area contributed by atoms with Crippen molar-refractivity contribution in [2.45, 2.75) is 24.6 Å². The molecule has 0 bridgehead atoms. The van der Waals surface area contributed by atoms with E-state index in [4.69, 9.17) is 5.73 Å². The molecule has 1 fully saturated rings. The minimum absolute atomic E-state index is 0. The molecule has 14 heavy (non-hydrogen) atoms. The van der Waals surface area contributed by atoms with Gasteiger partial charge in [0.25, 0.3) is 0 Å². The summed E-state index contributed by atoms with van der Waals surface area (Å²) in [7, 11) is 0. The maximum atomic E-state index is 12.0. The van der Waals surface area contributed by atoms with Crippen LogP contribution in [0.15, 0.2) is 4.52 Å². The third-order valence-corrected chi connectivity index (χ3v) is 1.90. The second-order valence-corrected chi connectivity index (χ2v) is 3.08. The largest absolute Gasteiger partial charge is 0.471 e. The molecule has 8 heteroatoms. The number of hydrogen-bond acceptors (Lipinski definition) is 4. The van der Waals surface area contributed by atoms with Gasteiger partial charge in [-0.3, -0.25) is 0 Å². The highest BCUT2D eigenvalue weighted by atomic mass is 35.5. The molecule has 0 atom stereocenters. The van der Waals surface area contributed by atoms with Gasteiger partial charge in [-0.25, -0.2) is 0 Å². The Hall–Kier alpha value is -0.820. The van der Waals surface area contributed by atoms with Gasteiger partial charge in [0.2, 0.25) is 0 Å². The van der Waals surface area contributed by atoms with E-state index < -0.39 is 17.6 Å². The lowest BCUT2D eigenvalue weighted by atomic mass is 10.3. The molecule has 1 aromatic heterocycles. The second-order valence-electron chi connectivity index (χ2n) is 3.08. The summed E-state index contributed by atoms with van der Waals surface area (Å²) >= 11 is 0. The van der Waals surface area contributed by atoms with E-state index in [1.165, 1.54) is 0 Å². The predicted molar refractivity (Wildman–Crippen MR) is 41.6 cm³/mol. The monoisotopic (exact) mass is 229 g/mol. The van der Waals surface area contributed by atoms with E-state index in [2.05, 4.69) is 14.7 Å². The number of nitrogens with two attached hydrogens (primary N) is 1. The van der Waals surface area contributed by atoms with Crippen molar-refractivity contribution in [2.75, 3.05) is 0 Å². The zero-order valence-electron chi connectivity index (χ0n) is 6.84. The van der Waals surface area contributed by atoms with Crippen molar-refractivity contribution in [3.05, 3.63) is 11.7 Å². The van der Waals surface area contributed by atoms with Crippen molar-refractivity contribution in [1.29, 1.82) is 0 Å². The third-order valence-electron chi connectivity index (χ3n) is 1.90. The first kappa shape index (κ1) is 11.3. The SMILES string of the molecule is Cl.NC1(c2noc(C(F)(F)F)n2)CC1. The van der Waals surface area contributed by atoms with Crippen molar-refractivity contribution in [3.63, 3.8) is 0 Å². The van der Waals surface area contributed by atoms with Gasteiger partial charge in [-0.05, 0) is 12.8 Å². The molecule has 2 rings (SSSR count). The van der Waals surface area contributed by atoms with Crippen LogP contribution in [0.1, 0.15) is 24.6 Å². The summed E-state index contributed by atoms with van der Waals surface area (Å²) in [5.74, 6) is -1.39. The first-order valence-electron chi connectivity index (χ1n) is 3.62. The summed E-state index contributed by atoms with van der Waals surface area (Å²) in [6.45, 7) is 0. The second kappa shape index (κ2) is 3.09. The van der Waals surface area contributed by atoms with Gasteiger partial charge in [-0.1, -0.05) is 5.16 Å². The summed E-state index contributed by atoms with van der Waals surface area (Å²) in [5, 5.41) is 3.19.